The maximum absolute atomic E-state index is 12.8. The van der Waals surface area contributed by atoms with Gasteiger partial charge < -0.3 is 19.9 Å². The monoisotopic (exact) mass is 363 g/mol. The van der Waals surface area contributed by atoms with Gasteiger partial charge in [-0.2, -0.15) is 0 Å². The number of benzene rings is 2. The number of aromatic nitrogens is 1. The minimum atomic E-state index is -0.376. The highest BCUT2D eigenvalue weighted by Gasteiger charge is 2.26. The van der Waals surface area contributed by atoms with Crippen LogP contribution in [0.25, 0.3) is 10.9 Å². The Bertz CT molecular complexity index is 1020. The molecular weight excluding hydrogens is 342 g/mol. The first-order valence-corrected chi connectivity index (χ1v) is 8.98. The minimum Gasteiger partial charge on any atom is -0.465 e. The molecule has 4 rings (SSSR count). The first kappa shape index (κ1) is 17.3. The summed E-state index contributed by atoms with van der Waals surface area (Å²) in [5, 5.41) is 4.34. The van der Waals surface area contributed by atoms with E-state index in [1.807, 2.05) is 42.5 Å². The largest absolute Gasteiger partial charge is 0.465 e. The highest BCUT2D eigenvalue weighted by molar-refractivity contribution is 5.90. The molecule has 0 radical (unpaired) electrons. The Morgan fingerprint density at radius 3 is 2.63 bits per heavy atom. The van der Waals surface area contributed by atoms with Gasteiger partial charge in [0, 0.05) is 29.2 Å². The molecule has 0 spiro atoms. The Morgan fingerprint density at radius 2 is 1.93 bits per heavy atom. The fraction of sp³-hybridized carbons (Fsp3) is 0.238. The Labute approximate surface area is 156 Å². The van der Waals surface area contributed by atoms with Crippen LogP contribution in [0.4, 0.5) is 11.4 Å². The molecule has 0 bridgehead atoms. The van der Waals surface area contributed by atoms with Crippen molar-refractivity contribution in [2.75, 3.05) is 25.1 Å². The van der Waals surface area contributed by atoms with E-state index in [2.05, 4.69) is 15.2 Å². The van der Waals surface area contributed by atoms with Gasteiger partial charge in [0.25, 0.3) is 5.56 Å². The zero-order valence-corrected chi connectivity index (χ0v) is 15.1. The van der Waals surface area contributed by atoms with Crippen molar-refractivity contribution in [2.24, 2.45) is 0 Å². The fourth-order valence-corrected chi connectivity index (χ4v) is 3.60. The second kappa shape index (κ2) is 7.25. The van der Waals surface area contributed by atoms with Crippen LogP contribution >= 0.6 is 0 Å². The molecule has 27 heavy (non-hydrogen) atoms. The number of pyridine rings is 1. The third-order valence-corrected chi connectivity index (χ3v) is 4.96. The Hall–Kier alpha value is -3.12. The van der Waals surface area contributed by atoms with E-state index < -0.39 is 0 Å². The maximum atomic E-state index is 12.8. The molecule has 2 heterocycles. The number of ether oxygens (including phenoxy) is 1. The van der Waals surface area contributed by atoms with Crippen LogP contribution in [0.3, 0.4) is 0 Å². The number of hydrogen-bond acceptors (Lipinski definition) is 5. The molecule has 1 unspecified atom stereocenters. The lowest BCUT2D eigenvalue weighted by molar-refractivity contribution is 0.0601. The van der Waals surface area contributed by atoms with Crippen LogP contribution in [0.15, 0.2) is 59.4 Å². The number of esters is 1. The van der Waals surface area contributed by atoms with E-state index in [0.29, 0.717) is 11.3 Å². The molecule has 2 N–H and O–H groups in total. The van der Waals surface area contributed by atoms with Crippen molar-refractivity contribution in [2.45, 2.75) is 12.5 Å². The van der Waals surface area contributed by atoms with Crippen molar-refractivity contribution in [3.8, 4) is 0 Å². The second-order valence-corrected chi connectivity index (χ2v) is 6.63. The van der Waals surface area contributed by atoms with E-state index in [4.69, 9.17) is 4.74 Å². The van der Waals surface area contributed by atoms with E-state index in [0.717, 1.165) is 36.1 Å². The summed E-state index contributed by atoms with van der Waals surface area (Å²) in [4.78, 5) is 29.6. The van der Waals surface area contributed by atoms with E-state index in [-0.39, 0.29) is 17.6 Å². The summed E-state index contributed by atoms with van der Waals surface area (Å²) in [6, 6.07) is 17.0. The van der Waals surface area contributed by atoms with Crippen molar-refractivity contribution >= 4 is 28.2 Å². The van der Waals surface area contributed by atoms with Gasteiger partial charge in [0.05, 0.1) is 12.7 Å². The molecule has 138 valence electrons. The van der Waals surface area contributed by atoms with Gasteiger partial charge in [-0.05, 0) is 49.4 Å². The highest BCUT2D eigenvalue weighted by Crippen LogP contribution is 2.29. The van der Waals surface area contributed by atoms with Gasteiger partial charge in [-0.25, -0.2) is 4.79 Å². The molecular formula is C21H21N3O3. The van der Waals surface area contributed by atoms with Gasteiger partial charge in [0.1, 0.15) is 5.69 Å². The lowest BCUT2D eigenvalue weighted by atomic mass is 10.1. The van der Waals surface area contributed by atoms with Crippen molar-refractivity contribution in [1.29, 1.82) is 0 Å². The number of carbonyl (C=O) groups excluding carboxylic acids is 1. The smallest absolute Gasteiger partial charge is 0.337 e. The number of aromatic amines is 1. The topological polar surface area (TPSA) is 74.4 Å². The quantitative estimate of drug-likeness (QED) is 0.697. The van der Waals surface area contributed by atoms with Crippen LogP contribution in [0.1, 0.15) is 16.8 Å². The lowest BCUT2D eigenvalue weighted by Gasteiger charge is -2.30. The van der Waals surface area contributed by atoms with Crippen LogP contribution < -0.4 is 15.8 Å². The van der Waals surface area contributed by atoms with Crippen molar-refractivity contribution in [3.63, 3.8) is 0 Å². The normalized spacial score (nSPS) is 16.4. The Balaban J connectivity index is 1.81. The summed E-state index contributed by atoms with van der Waals surface area (Å²) >= 11 is 0. The van der Waals surface area contributed by atoms with Crippen LogP contribution in [0.2, 0.25) is 0 Å². The number of para-hydroxylation sites is 1. The number of fused-ring (bicyclic) bond motifs is 1. The summed E-state index contributed by atoms with van der Waals surface area (Å²) in [5.41, 5.74) is 2.65. The van der Waals surface area contributed by atoms with Crippen molar-refractivity contribution < 1.29 is 9.53 Å². The summed E-state index contributed by atoms with van der Waals surface area (Å²) in [5.74, 6) is -0.376. The maximum Gasteiger partial charge on any atom is 0.337 e. The molecule has 6 heteroatoms. The molecule has 0 aliphatic carbocycles. The summed E-state index contributed by atoms with van der Waals surface area (Å²) in [7, 11) is 1.36. The third kappa shape index (κ3) is 3.31. The third-order valence-electron chi connectivity index (χ3n) is 4.96. The average Bonchev–Trinajstić information content (AvgIpc) is 3.23. The zero-order chi connectivity index (χ0) is 18.8. The molecule has 1 aliphatic heterocycles. The van der Waals surface area contributed by atoms with Gasteiger partial charge in [-0.1, -0.05) is 18.2 Å². The number of nitrogens with zero attached hydrogens (tertiary/aromatic N) is 1. The van der Waals surface area contributed by atoms with Crippen molar-refractivity contribution in [3.05, 3.63) is 70.5 Å². The number of rotatable bonds is 4. The summed E-state index contributed by atoms with van der Waals surface area (Å²) in [6.45, 7) is 1.71. The second-order valence-electron chi connectivity index (χ2n) is 6.63. The Kier molecular flexibility index (Phi) is 4.64. The SMILES string of the molecule is COC(=O)c1ccc(N(c2cc3ccccc3[nH]c2=O)C2CCNC2)cc1. The summed E-state index contributed by atoms with van der Waals surface area (Å²) < 4.78 is 4.77. The van der Waals surface area contributed by atoms with Crippen LogP contribution in [-0.2, 0) is 4.74 Å². The predicted molar refractivity (Wildman–Crippen MR) is 106 cm³/mol. The van der Waals surface area contributed by atoms with E-state index in [9.17, 15) is 9.59 Å². The molecule has 6 nitrogen and oxygen atoms in total. The van der Waals surface area contributed by atoms with Gasteiger partial charge in [0.2, 0.25) is 0 Å². The van der Waals surface area contributed by atoms with Crippen LogP contribution in [0, 0.1) is 0 Å². The number of hydrogen-bond donors (Lipinski definition) is 2. The first-order valence-electron chi connectivity index (χ1n) is 8.98. The zero-order valence-electron chi connectivity index (χ0n) is 15.1. The van der Waals surface area contributed by atoms with E-state index in [1.165, 1.54) is 7.11 Å². The number of anilines is 2. The summed E-state index contributed by atoms with van der Waals surface area (Å²) in [6.07, 6.45) is 0.936. The number of carbonyl (C=O) groups is 1. The molecule has 3 aromatic rings. The lowest BCUT2D eigenvalue weighted by Crippen LogP contribution is -2.36. The van der Waals surface area contributed by atoms with Gasteiger partial charge in [-0.3, -0.25) is 4.79 Å². The molecule has 1 fully saturated rings. The molecule has 1 atom stereocenters. The van der Waals surface area contributed by atoms with Crippen LogP contribution in [-0.4, -0.2) is 37.2 Å². The number of H-pyrrole nitrogens is 1. The molecule has 0 saturated carbocycles. The predicted octanol–water partition coefficient (Wildman–Crippen LogP) is 2.81. The number of methoxy groups -OCH3 is 1. The molecule has 1 aromatic heterocycles. The molecule has 0 amide bonds. The highest BCUT2D eigenvalue weighted by atomic mass is 16.5. The van der Waals surface area contributed by atoms with Gasteiger partial charge in [0.15, 0.2) is 0 Å². The van der Waals surface area contributed by atoms with E-state index >= 15 is 0 Å². The Morgan fingerprint density at radius 1 is 1.15 bits per heavy atom. The number of nitrogens with one attached hydrogen (secondary N) is 2. The standard InChI is InChI=1S/C21H21N3O3/c1-27-21(26)14-6-8-16(9-7-14)24(17-10-11-22-13-17)19-12-15-4-2-3-5-18(15)23-20(19)25/h2-9,12,17,22H,10-11,13H2,1H3,(H,23,25). The van der Waals surface area contributed by atoms with E-state index in [1.54, 1.807) is 12.1 Å². The fourth-order valence-electron chi connectivity index (χ4n) is 3.60. The average molecular weight is 363 g/mol. The van der Waals surface area contributed by atoms with Gasteiger partial charge in [-0.15, -0.1) is 0 Å². The van der Waals surface area contributed by atoms with Crippen LogP contribution in [0.5, 0.6) is 0 Å². The molecule has 2 aromatic carbocycles. The molecule has 1 saturated heterocycles. The molecule has 1 aliphatic rings. The minimum absolute atomic E-state index is 0.127. The first-order chi connectivity index (χ1) is 13.2. The van der Waals surface area contributed by atoms with Crippen molar-refractivity contribution in [1.82, 2.24) is 10.3 Å². The van der Waals surface area contributed by atoms with Gasteiger partial charge >= 0.3 is 5.97 Å².